The molecule has 1 saturated carbocycles. The fraction of sp³-hybridized carbons (Fsp3) is 0.667. The predicted octanol–water partition coefficient (Wildman–Crippen LogP) is -0.0397. The molecule has 0 spiro atoms. The van der Waals surface area contributed by atoms with Crippen LogP contribution in [0.4, 0.5) is 0 Å². The number of nitrogens with zero attached hydrogens (tertiary/aromatic N) is 4. The van der Waals surface area contributed by atoms with Gasteiger partial charge in [0.1, 0.15) is 6.04 Å². The number of carbonyl (C=O) groups is 1. The van der Waals surface area contributed by atoms with Crippen LogP contribution < -0.4 is 11.0 Å². The summed E-state index contributed by atoms with van der Waals surface area (Å²) in [4.78, 5) is 26.6. The number of nitrogens with one attached hydrogen (secondary N) is 1. The molecule has 0 aromatic carbocycles. The Morgan fingerprint density at radius 3 is 2.59 bits per heavy atom. The van der Waals surface area contributed by atoms with Crippen molar-refractivity contribution >= 4 is 5.91 Å². The van der Waals surface area contributed by atoms with Gasteiger partial charge in [0.05, 0.1) is 5.69 Å². The quantitative estimate of drug-likeness (QED) is 0.845. The van der Waals surface area contributed by atoms with Crippen LogP contribution in [0.5, 0.6) is 0 Å². The maximum Gasteiger partial charge on any atom is 0.267 e. The Morgan fingerprint density at radius 2 is 1.95 bits per heavy atom. The number of hydrazine groups is 1. The van der Waals surface area contributed by atoms with Gasteiger partial charge in [-0.25, -0.2) is 9.69 Å². The molecule has 1 atom stereocenters. The van der Waals surface area contributed by atoms with Gasteiger partial charge in [-0.2, -0.15) is 5.10 Å². The van der Waals surface area contributed by atoms with Gasteiger partial charge < -0.3 is 4.90 Å². The molecule has 2 heterocycles. The highest BCUT2D eigenvalue weighted by Gasteiger charge is 2.27. The van der Waals surface area contributed by atoms with E-state index in [-0.39, 0.29) is 11.5 Å². The average molecular weight is 305 g/mol. The molecule has 2 fully saturated rings. The Balaban J connectivity index is 1.67. The molecule has 1 aliphatic carbocycles. The Morgan fingerprint density at radius 1 is 1.27 bits per heavy atom. The van der Waals surface area contributed by atoms with Crippen molar-refractivity contribution in [2.75, 3.05) is 33.2 Å². The van der Waals surface area contributed by atoms with Gasteiger partial charge >= 0.3 is 0 Å². The first kappa shape index (κ1) is 15.2. The second-order valence-electron chi connectivity index (χ2n) is 6.26. The lowest BCUT2D eigenvalue weighted by Gasteiger charge is -2.33. The van der Waals surface area contributed by atoms with Crippen LogP contribution in [0.25, 0.3) is 0 Å². The zero-order valence-corrected chi connectivity index (χ0v) is 13.2. The highest BCUT2D eigenvalue weighted by molar-refractivity contribution is 5.79. The van der Waals surface area contributed by atoms with Crippen molar-refractivity contribution in [3.63, 3.8) is 0 Å². The number of amides is 1. The van der Waals surface area contributed by atoms with E-state index >= 15 is 0 Å². The van der Waals surface area contributed by atoms with Crippen LogP contribution in [0.3, 0.4) is 0 Å². The van der Waals surface area contributed by atoms with E-state index in [0.29, 0.717) is 5.92 Å². The van der Waals surface area contributed by atoms with Crippen LogP contribution in [0.15, 0.2) is 16.9 Å². The summed E-state index contributed by atoms with van der Waals surface area (Å²) in [6.45, 7) is 5.14. The summed E-state index contributed by atoms with van der Waals surface area (Å²) >= 11 is 0. The number of rotatable bonds is 4. The second-order valence-corrected chi connectivity index (χ2v) is 6.26. The highest BCUT2D eigenvalue weighted by atomic mass is 16.2. The summed E-state index contributed by atoms with van der Waals surface area (Å²) in [6, 6.07) is 2.69. The number of aromatic nitrogens is 2. The van der Waals surface area contributed by atoms with Crippen LogP contribution >= 0.6 is 0 Å². The number of likely N-dealkylation sites (N-methyl/N-ethyl adjacent to an activating group) is 1. The molecule has 22 heavy (non-hydrogen) atoms. The van der Waals surface area contributed by atoms with Crippen molar-refractivity contribution in [3.05, 3.63) is 28.2 Å². The summed E-state index contributed by atoms with van der Waals surface area (Å²) in [5.41, 5.74) is 3.58. The smallest absolute Gasteiger partial charge is 0.267 e. The van der Waals surface area contributed by atoms with Gasteiger partial charge in [0.2, 0.25) is 0 Å². The van der Waals surface area contributed by atoms with Gasteiger partial charge in [-0.1, -0.05) is 0 Å². The van der Waals surface area contributed by atoms with Crippen LogP contribution in [0, 0.1) is 0 Å². The Bertz CT molecular complexity index is 602. The second kappa shape index (κ2) is 6.18. The Labute approximate surface area is 129 Å². The lowest BCUT2D eigenvalue weighted by atomic mass is 10.2. The molecule has 7 nitrogen and oxygen atoms in total. The third-order valence-corrected chi connectivity index (χ3v) is 4.36. The first-order chi connectivity index (χ1) is 10.5. The number of carbonyl (C=O) groups excluding carboxylic acids is 1. The largest absolute Gasteiger partial charge is 0.304 e. The Hall–Kier alpha value is -1.73. The first-order valence-electron chi connectivity index (χ1n) is 7.88. The fourth-order valence-electron chi connectivity index (χ4n) is 2.59. The van der Waals surface area contributed by atoms with Gasteiger partial charge in [0.15, 0.2) is 0 Å². The summed E-state index contributed by atoms with van der Waals surface area (Å²) in [5.74, 6) is 0.270. The Kier molecular flexibility index (Phi) is 4.26. The summed E-state index contributed by atoms with van der Waals surface area (Å²) < 4.78 is 1.30. The molecule has 7 heteroatoms. The van der Waals surface area contributed by atoms with Gasteiger partial charge in [0.25, 0.3) is 11.5 Å². The maximum atomic E-state index is 12.4. The topological polar surface area (TPSA) is 70.5 Å². The molecule has 1 aromatic heterocycles. The van der Waals surface area contributed by atoms with Crippen molar-refractivity contribution < 1.29 is 4.79 Å². The third kappa shape index (κ3) is 3.36. The van der Waals surface area contributed by atoms with Gasteiger partial charge in [-0.3, -0.25) is 15.0 Å². The standard InChI is InChI=1S/C15H23N5O2/c1-11(15(22)17-19-9-7-18(2)8-10-19)20-14(21)6-5-13(16-20)12-3-4-12/h5-6,11-12H,3-4,7-10H2,1-2H3,(H,17,22). The molecule has 120 valence electrons. The zero-order chi connectivity index (χ0) is 15.7. The predicted molar refractivity (Wildman–Crippen MR) is 82.4 cm³/mol. The van der Waals surface area contributed by atoms with Crippen molar-refractivity contribution in [1.82, 2.24) is 25.1 Å². The summed E-state index contributed by atoms with van der Waals surface area (Å²) in [6.07, 6.45) is 2.24. The normalized spacial score (nSPS) is 21.5. The number of piperazine rings is 1. The van der Waals surface area contributed by atoms with E-state index in [4.69, 9.17) is 0 Å². The zero-order valence-electron chi connectivity index (χ0n) is 13.2. The SMILES string of the molecule is CC(C(=O)NN1CCN(C)CC1)n1nc(C2CC2)ccc1=O. The minimum absolute atomic E-state index is 0.188. The summed E-state index contributed by atoms with van der Waals surface area (Å²) in [7, 11) is 2.06. The van der Waals surface area contributed by atoms with Gasteiger partial charge in [0, 0.05) is 38.2 Å². The van der Waals surface area contributed by atoms with Crippen LogP contribution in [0.1, 0.15) is 37.4 Å². The van der Waals surface area contributed by atoms with Crippen LogP contribution in [0.2, 0.25) is 0 Å². The van der Waals surface area contributed by atoms with E-state index in [0.717, 1.165) is 44.7 Å². The van der Waals surface area contributed by atoms with Gasteiger partial charge in [-0.05, 0) is 32.9 Å². The number of hydrogen-bond acceptors (Lipinski definition) is 5. The molecule has 1 aromatic rings. The molecule has 3 rings (SSSR count). The molecule has 1 unspecified atom stereocenters. The minimum atomic E-state index is -0.606. The summed E-state index contributed by atoms with van der Waals surface area (Å²) in [5, 5.41) is 6.29. The molecular weight excluding hydrogens is 282 g/mol. The van der Waals surface area contributed by atoms with Crippen LogP contribution in [-0.2, 0) is 4.79 Å². The molecule has 0 radical (unpaired) electrons. The maximum absolute atomic E-state index is 12.4. The van der Waals surface area contributed by atoms with Crippen molar-refractivity contribution in [2.24, 2.45) is 0 Å². The van der Waals surface area contributed by atoms with Crippen molar-refractivity contribution in [3.8, 4) is 0 Å². The molecule has 2 aliphatic rings. The molecule has 1 aliphatic heterocycles. The fourth-order valence-corrected chi connectivity index (χ4v) is 2.59. The molecule has 1 amide bonds. The molecule has 1 saturated heterocycles. The van der Waals surface area contributed by atoms with Crippen molar-refractivity contribution in [2.45, 2.75) is 31.7 Å². The molecular formula is C15H23N5O2. The van der Waals surface area contributed by atoms with E-state index in [1.807, 2.05) is 5.01 Å². The average Bonchev–Trinajstić information content (AvgIpc) is 3.34. The molecule has 1 N–H and O–H groups in total. The van der Waals surface area contributed by atoms with E-state index in [1.165, 1.54) is 10.7 Å². The van der Waals surface area contributed by atoms with Crippen molar-refractivity contribution in [1.29, 1.82) is 0 Å². The third-order valence-electron chi connectivity index (χ3n) is 4.36. The minimum Gasteiger partial charge on any atom is -0.304 e. The van der Waals surface area contributed by atoms with E-state index < -0.39 is 6.04 Å². The van der Waals surface area contributed by atoms with Gasteiger partial charge in [-0.15, -0.1) is 0 Å². The number of hydrogen-bond donors (Lipinski definition) is 1. The van der Waals surface area contributed by atoms with E-state index in [9.17, 15) is 9.59 Å². The molecule has 0 bridgehead atoms. The monoisotopic (exact) mass is 305 g/mol. The van der Waals surface area contributed by atoms with Crippen LogP contribution in [-0.4, -0.2) is 58.8 Å². The highest BCUT2D eigenvalue weighted by Crippen LogP contribution is 2.38. The lowest BCUT2D eigenvalue weighted by molar-refractivity contribution is -0.130. The van der Waals surface area contributed by atoms with E-state index in [1.54, 1.807) is 13.0 Å². The van der Waals surface area contributed by atoms with E-state index in [2.05, 4.69) is 22.5 Å². The first-order valence-corrected chi connectivity index (χ1v) is 7.88. The lowest BCUT2D eigenvalue weighted by Crippen LogP contribution is -2.54.